The molecule has 3 saturated heterocycles. The van der Waals surface area contributed by atoms with Gasteiger partial charge < -0.3 is 29.5 Å². The van der Waals surface area contributed by atoms with Gasteiger partial charge >= 0.3 is 5.97 Å². The molecular formula is C33H41N3O7. The van der Waals surface area contributed by atoms with E-state index in [0.29, 0.717) is 36.6 Å². The third-order valence-electron chi connectivity index (χ3n) is 9.56. The maximum absolute atomic E-state index is 13.2. The molecular weight excluding hydrogens is 550 g/mol. The number of esters is 1. The van der Waals surface area contributed by atoms with Crippen LogP contribution in [-0.2, 0) is 16.1 Å². The summed E-state index contributed by atoms with van der Waals surface area (Å²) >= 11 is 0. The molecule has 4 fully saturated rings. The number of hydrogen-bond donors (Lipinski definition) is 2. The molecule has 10 heteroatoms. The molecule has 1 saturated carbocycles. The Morgan fingerprint density at radius 3 is 2.30 bits per heavy atom. The Morgan fingerprint density at radius 1 is 1.02 bits per heavy atom. The summed E-state index contributed by atoms with van der Waals surface area (Å²) in [5.41, 5.74) is 3.91. The van der Waals surface area contributed by atoms with E-state index in [9.17, 15) is 24.6 Å². The number of piperidine rings is 1. The fourth-order valence-electron chi connectivity index (χ4n) is 6.87. The number of aliphatic hydroxyl groups is 2. The van der Waals surface area contributed by atoms with Crippen molar-refractivity contribution in [1.82, 2.24) is 9.80 Å². The van der Waals surface area contributed by atoms with E-state index in [1.807, 2.05) is 30.0 Å². The van der Waals surface area contributed by atoms with Crippen LogP contribution in [0.3, 0.4) is 0 Å². The molecule has 2 N–H and O–H groups in total. The zero-order chi connectivity index (χ0) is 30.3. The highest BCUT2D eigenvalue weighted by molar-refractivity contribution is 5.98. The van der Waals surface area contributed by atoms with Crippen LogP contribution in [0.1, 0.15) is 76.8 Å². The van der Waals surface area contributed by atoms with Gasteiger partial charge in [0.25, 0.3) is 5.91 Å². The van der Waals surface area contributed by atoms with E-state index in [1.165, 1.54) is 12.0 Å². The second-order valence-corrected chi connectivity index (χ2v) is 12.6. The predicted molar refractivity (Wildman–Crippen MR) is 159 cm³/mol. The van der Waals surface area contributed by atoms with Gasteiger partial charge in [0.05, 0.1) is 31.5 Å². The molecule has 0 aromatic heterocycles. The van der Waals surface area contributed by atoms with Gasteiger partial charge in [0.15, 0.2) is 0 Å². The number of ether oxygens (including phenoxy) is 2. The Balaban J connectivity index is 1.10. The van der Waals surface area contributed by atoms with Crippen LogP contribution in [0.5, 0.6) is 5.75 Å². The second kappa shape index (κ2) is 11.9. The minimum Gasteiger partial charge on any atom is -0.494 e. The molecule has 3 heterocycles. The van der Waals surface area contributed by atoms with Crippen molar-refractivity contribution in [2.45, 2.75) is 63.7 Å². The number of amides is 2. The standard InChI is InChI=1S/C33H41N3O7/c1-3-43-29-15-26(32(41)42-2)25(21-4-5-21)14-23(29)17-34-12-10-33(11-13-34)16-30(39)36(20-33)24-8-6-22(7-9-24)31(40)35-18-27(37)28(38)19-35/h6-9,14-15,21,27-28,37-38H,3-5,10-13,16-20H2,1-2H3/t27-,28-/m0/s1. The van der Waals surface area contributed by atoms with Gasteiger partial charge in [-0.05, 0) is 99.0 Å². The number of carbonyl (C=O) groups is 3. The summed E-state index contributed by atoms with van der Waals surface area (Å²) < 4.78 is 11.0. The summed E-state index contributed by atoms with van der Waals surface area (Å²) in [5, 5.41) is 19.6. The lowest BCUT2D eigenvalue weighted by molar-refractivity contribution is -0.118. The smallest absolute Gasteiger partial charge is 0.338 e. The normalized spacial score (nSPS) is 23.7. The average Bonchev–Trinajstić information content (AvgIpc) is 3.73. The topological polar surface area (TPSA) is 120 Å². The van der Waals surface area contributed by atoms with Gasteiger partial charge in [0, 0.05) is 49.4 Å². The SMILES string of the molecule is CCOc1cc(C(=O)OC)c(C2CC2)cc1CN1CCC2(CC1)CC(=O)N(c1ccc(C(=O)N3C[C@H](O)[C@@H](O)C3)cc1)C2. The molecule has 1 spiro atoms. The minimum absolute atomic E-state index is 0.0828. The molecule has 4 aliphatic rings. The first-order valence-corrected chi connectivity index (χ1v) is 15.4. The number of anilines is 1. The number of methoxy groups -OCH3 is 1. The first-order valence-electron chi connectivity index (χ1n) is 15.4. The molecule has 6 rings (SSSR count). The number of carbonyl (C=O) groups excluding carboxylic acids is 3. The van der Waals surface area contributed by atoms with Crippen LogP contribution < -0.4 is 9.64 Å². The summed E-state index contributed by atoms with van der Waals surface area (Å²) in [6.07, 6.45) is 2.64. The lowest BCUT2D eigenvalue weighted by atomic mass is 9.77. The van der Waals surface area contributed by atoms with Crippen LogP contribution in [0.15, 0.2) is 36.4 Å². The van der Waals surface area contributed by atoms with Crippen molar-refractivity contribution in [2.24, 2.45) is 5.41 Å². The van der Waals surface area contributed by atoms with E-state index in [2.05, 4.69) is 11.0 Å². The lowest BCUT2D eigenvalue weighted by Crippen LogP contribution is -2.41. The summed E-state index contributed by atoms with van der Waals surface area (Å²) in [4.78, 5) is 44.2. The van der Waals surface area contributed by atoms with Crippen molar-refractivity contribution in [3.63, 3.8) is 0 Å². The van der Waals surface area contributed by atoms with Crippen molar-refractivity contribution in [1.29, 1.82) is 0 Å². The molecule has 2 aromatic rings. The molecule has 0 bridgehead atoms. The van der Waals surface area contributed by atoms with Crippen molar-refractivity contribution >= 4 is 23.5 Å². The molecule has 1 aliphatic carbocycles. The highest BCUT2D eigenvalue weighted by atomic mass is 16.5. The van der Waals surface area contributed by atoms with Gasteiger partial charge in [-0.2, -0.15) is 0 Å². The van der Waals surface area contributed by atoms with Crippen LogP contribution in [-0.4, -0.2) is 96.4 Å². The summed E-state index contributed by atoms with van der Waals surface area (Å²) in [7, 11) is 1.41. The Morgan fingerprint density at radius 2 is 1.70 bits per heavy atom. The fourth-order valence-corrected chi connectivity index (χ4v) is 6.87. The zero-order valence-corrected chi connectivity index (χ0v) is 25.0. The summed E-state index contributed by atoms with van der Waals surface area (Å²) in [6, 6.07) is 11.1. The van der Waals surface area contributed by atoms with Gasteiger partial charge in [-0.1, -0.05) is 0 Å². The largest absolute Gasteiger partial charge is 0.494 e. The summed E-state index contributed by atoms with van der Waals surface area (Å²) in [6.45, 7) is 5.79. The van der Waals surface area contributed by atoms with Crippen molar-refractivity contribution in [3.05, 3.63) is 58.7 Å². The van der Waals surface area contributed by atoms with E-state index in [0.717, 1.165) is 67.9 Å². The van der Waals surface area contributed by atoms with Crippen LogP contribution in [0, 0.1) is 5.41 Å². The number of benzene rings is 2. The monoisotopic (exact) mass is 591 g/mol. The quantitative estimate of drug-likeness (QED) is 0.450. The lowest BCUT2D eigenvalue weighted by Gasteiger charge is -2.39. The summed E-state index contributed by atoms with van der Waals surface area (Å²) in [5.74, 6) is 0.669. The van der Waals surface area contributed by atoms with Crippen molar-refractivity contribution < 1.29 is 34.1 Å². The first kappa shape index (κ1) is 29.6. The molecule has 3 aliphatic heterocycles. The highest BCUT2D eigenvalue weighted by Gasteiger charge is 2.45. The van der Waals surface area contributed by atoms with E-state index in [-0.39, 0.29) is 36.3 Å². The molecule has 0 unspecified atom stereocenters. The number of likely N-dealkylation sites (tertiary alicyclic amines) is 2. The Hall–Kier alpha value is -3.47. The average molecular weight is 592 g/mol. The van der Waals surface area contributed by atoms with E-state index < -0.39 is 12.2 Å². The molecule has 230 valence electrons. The van der Waals surface area contributed by atoms with E-state index in [4.69, 9.17) is 9.47 Å². The molecule has 10 nitrogen and oxygen atoms in total. The number of hydrogen-bond acceptors (Lipinski definition) is 8. The first-order chi connectivity index (χ1) is 20.7. The minimum atomic E-state index is -0.924. The second-order valence-electron chi connectivity index (χ2n) is 12.6. The molecule has 2 amide bonds. The third kappa shape index (κ3) is 6.01. The molecule has 2 atom stereocenters. The number of rotatable bonds is 8. The van der Waals surface area contributed by atoms with Gasteiger partial charge in [-0.3, -0.25) is 14.5 Å². The van der Waals surface area contributed by atoms with E-state index >= 15 is 0 Å². The Bertz CT molecular complexity index is 1370. The highest BCUT2D eigenvalue weighted by Crippen LogP contribution is 2.45. The van der Waals surface area contributed by atoms with E-state index in [1.54, 1.807) is 12.1 Å². The van der Waals surface area contributed by atoms with Crippen LogP contribution >= 0.6 is 0 Å². The van der Waals surface area contributed by atoms with Gasteiger partial charge in [-0.15, -0.1) is 0 Å². The van der Waals surface area contributed by atoms with Gasteiger partial charge in [-0.25, -0.2) is 4.79 Å². The van der Waals surface area contributed by atoms with Crippen LogP contribution in [0.4, 0.5) is 5.69 Å². The van der Waals surface area contributed by atoms with Gasteiger partial charge in [0.1, 0.15) is 5.75 Å². The van der Waals surface area contributed by atoms with Crippen LogP contribution in [0.25, 0.3) is 0 Å². The number of nitrogens with zero attached hydrogens (tertiary/aromatic N) is 3. The maximum Gasteiger partial charge on any atom is 0.338 e. The zero-order valence-electron chi connectivity index (χ0n) is 25.0. The molecule has 0 radical (unpaired) electrons. The Labute approximate surface area is 252 Å². The maximum atomic E-state index is 13.2. The van der Waals surface area contributed by atoms with Gasteiger partial charge in [0.2, 0.25) is 5.91 Å². The Kier molecular flexibility index (Phi) is 8.19. The number of aliphatic hydroxyl groups excluding tert-OH is 2. The van der Waals surface area contributed by atoms with Crippen molar-refractivity contribution in [3.8, 4) is 5.75 Å². The predicted octanol–water partition coefficient (Wildman–Crippen LogP) is 2.95. The fraction of sp³-hybridized carbons (Fsp3) is 0.545. The molecule has 2 aromatic carbocycles. The molecule has 43 heavy (non-hydrogen) atoms. The number of β-amino-alcohol motifs (C(OH)–C–C–N with tert-alkyl or cyclic N) is 2. The van der Waals surface area contributed by atoms with Crippen LogP contribution in [0.2, 0.25) is 0 Å². The van der Waals surface area contributed by atoms with Crippen molar-refractivity contribution in [2.75, 3.05) is 51.3 Å². The third-order valence-corrected chi connectivity index (χ3v) is 9.56.